The van der Waals surface area contributed by atoms with Gasteiger partial charge in [0, 0.05) is 4.47 Å². The molecule has 2 rings (SSSR count). The summed E-state index contributed by atoms with van der Waals surface area (Å²) >= 11 is 3.39. The van der Waals surface area contributed by atoms with Crippen molar-refractivity contribution in [3.8, 4) is 0 Å². The Morgan fingerprint density at radius 2 is 1.83 bits per heavy atom. The van der Waals surface area contributed by atoms with E-state index >= 15 is 0 Å². The lowest BCUT2D eigenvalue weighted by molar-refractivity contribution is -0.143. The SMILES string of the molecule is O=C(O)[C@H](Cc1ccc(Br)cc1)N1CCCCC1. The number of hydrogen-bond acceptors (Lipinski definition) is 2. The lowest BCUT2D eigenvalue weighted by atomic mass is 10.0. The fourth-order valence-corrected chi connectivity index (χ4v) is 2.71. The Bertz CT molecular complexity index is 399. The lowest BCUT2D eigenvalue weighted by Gasteiger charge is -2.32. The van der Waals surface area contributed by atoms with Gasteiger partial charge in [0.25, 0.3) is 0 Å². The van der Waals surface area contributed by atoms with E-state index in [-0.39, 0.29) is 6.04 Å². The molecule has 0 aromatic heterocycles. The number of rotatable bonds is 4. The van der Waals surface area contributed by atoms with Crippen LogP contribution >= 0.6 is 15.9 Å². The molecule has 0 aliphatic carbocycles. The van der Waals surface area contributed by atoms with Gasteiger partial charge in [0.2, 0.25) is 0 Å². The maximum absolute atomic E-state index is 11.4. The molecular formula is C14H18BrNO2. The van der Waals surface area contributed by atoms with Crippen molar-refractivity contribution in [1.29, 1.82) is 0 Å². The van der Waals surface area contributed by atoms with Gasteiger partial charge in [0.05, 0.1) is 0 Å². The Kier molecular flexibility index (Phi) is 4.78. The molecule has 0 amide bonds. The van der Waals surface area contributed by atoms with Gasteiger partial charge in [-0.2, -0.15) is 0 Å². The number of halogens is 1. The van der Waals surface area contributed by atoms with Crippen LogP contribution in [0, 0.1) is 0 Å². The monoisotopic (exact) mass is 311 g/mol. The van der Waals surface area contributed by atoms with Gasteiger partial charge < -0.3 is 5.11 Å². The third-order valence-corrected chi connectivity index (χ3v) is 3.99. The lowest BCUT2D eigenvalue weighted by Crippen LogP contribution is -2.45. The zero-order chi connectivity index (χ0) is 13.0. The normalized spacial score (nSPS) is 18.5. The Morgan fingerprint density at radius 3 is 2.39 bits per heavy atom. The number of piperidine rings is 1. The fraction of sp³-hybridized carbons (Fsp3) is 0.500. The number of nitrogens with zero attached hydrogens (tertiary/aromatic N) is 1. The molecular weight excluding hydrogens is 294 g/mol. The van der Waals surface area contributed by atoms with E-state index in [4.69, 9.17) is 0 Å². The Hall–Kier alpha value is -0.870. The highest BCUT2D eigenvalue weighted by atomic mass is 79.9. The first-order valence-corrected chi connectivity index (χ1v) is 7.17. The van der Waals surface area contributed by atoms with E-state index in [2.05, 4.69) is 20.8 Å². The van der Waals surface area contributed by atoms with Crippen LogP contribution in [-0.2, 0) is 11.2 Å². The van der Waals surface area contributed by atoms with Crippen LogP contribution < -0.4 is 0 Å². The minimum atomic E-state index is -0.709. The van der Waals surface area contributed by atoms with Crippen molar-refractivity contribution in [1.82, 2.24) is 4.90 Å². The van der Waals surface area contributed by atoms with E-state index < -0.39 is 5.97 Å². The third-order valence-electron chi connectivity index (χ3n) is 3.46. The molecule has 4 heteroatoms. The van der Waals surface area contributed by atoms with Gasteiger partial charge >= 0.3 is 5.97 Å². The number of benzene rings is 1. The van der Waals surface area contributed by atoms with Crippen molar-refractivity contribution in [3.05, 3.63) is 34.3 Å². The molecule has 18 heavy (non-hydrogen) atoms. The molecule has 0 saturated carbocycles. The molecule has 1 fully saturated rings. The largest absolute Gasteiger partial charge is 0.480 e. The summed E-state index contributed by atoms with van der Waals surface area (Å²) in [6.45, 7) is 1.82. The third kappa shape index (κ3) is 3.56. The number of carboxylic acids is 1. The van der Waals surface area contributed by atoms with Crippen molar-refractivity contribution >= 4 is 21.9 Å². The van der Waals surface area contributed by atoms with Gasteiger partial charge in [0.15, 0.2) is 0 Å². The van der Waals surface area contributed by atoms with Gasteiger partial charge in [-0.3, -0.25) is 9.69 Å². The van der Waals surface area contributed by atoms with Crippen LogP contribution in [0.3, 0.4) is 0 Å². The minimum absolute atomic E-state index is 0.383. The van der Waals surface area contributed by atoms with Crippen molar-refractivity contribution < 1.29 is 9.90 Å². The standard InChI is InChI=1S/C14H18BrNO2/c15-12-6-4-11(5-7-12)10-13(14(17)18)16-8-2-1-3-9-16/h4-7,13H,1-3,8-10H2,(H,17,18)/t13-/m0/s1. The molecule has 1 saturated heterocycles. The molecule has 1 N–H and O–H groups in total. The van der Waals surface area contributed by atoms with Gasteiger partial charge in [-0.25, -0.2) is 0 Å². The van der Waals surface area contributed by atoms with E-state index in [1.165, 1.54) is 6.42 Å². The van der Waals surface area contributed by atoms with Crippen LogP contribution in [0.5, 0.6) is 0 Å². The highest BCUT2D eigenvalue weighted by molar-refractivity contribution is 9.10. The van der Waals surface area contributed by atoms with Gasteiger partial charge in [-0.15, -0.1) is 0 Å². The highest BCUT2D eigenvalue weighted by Crippen LogP contribution is 2.17. The summed E-state index contributed by atoms with van der Waals surface area (Å²) in [6.07, 6.45) is 4.04. The second-order valence-electron chi connectivity index (χ2n) is 4.78. The molecule has 1 aliphatic rings. The maximum atomic E-state index is 11.4. The molecule has 3 nitrogen and oxygen atoms in total. The van der Waals surface area contributed by atoms with Crippen molar-refractivity contribution in [2.45, 2.75) is 31.7 Å². The summed E-state index contributed by atoms with van der Waals surface area (Å²) < 4.78 is 1.02. The minimum Gasteiger partial charge on any atom is -0.480 e. The summed E-state index contributed by atoms with van der Waals surface area (Å²) in [5.74, 6) is -0.709. The van der Waals surface area contributed by atoms with Crippen LogP contribution in [0.15, 0.2) is 28.7 Å². The zero-order valence-electron chi connectivity index (χ0n) is 10.3. The number of carboxylic acid groups (broad SMARTS) is 1. The molecule has 1 aromatic carbocycles. The van der Waals surface area contributed by atoms with E-state index in [9.17, 15) is 9.90 Å². The molecule has 0 radical (unpaired) electrons. The zero-order valence-corrected chi connectivity index (χ0v) is 11.9. The summed E-state index contributed by atoms with van der Waals surface area (Å²) in [7, 11) is 0. The molecule has 0 bridgehead atoms. The van der Waals surface area contributed by atoms with Crippen molar-refractivity contribution in [2.24, 2.45) is 0 Å². The topological polar surface area (TPSA) is 40.5 Å². The van der Waals surface area contributed by atoms with E-state index in [1.807, 2.05) is 24.3 Å². The molecule has 0 spiro atoms. The number of likely N-dealkylation sites (tertiary alicyclic amines) is 1. The quantitative estimate of drug-likeness (QED) is 0.929. The van der Waals surface area contributed by atoms with E-state index in [1.54, 1.807) is 0 Å². The van der Waals surface area contributed by atoms with E-state index in [0.29, 0.717) is 6.42 Å². The molecule has 98 valence electrons. The summed E-state index contributed by atoms with van der Waals surface area (Å²) in [6, 6.07) is 7.52. The second-order valence-corrected chi connectivity index (χ2v) is 5.70. The summed E-state index contributed by atoms with van der Waals surface area (Å²) in [4.78, 5) is 13.5. The Labute approximate surface area is 116 Å². The number of hydrogen-bond donors (Lipinski definition) is 1. The smallest absolute Gasteiger partial charge is 0.321 e. The number of carbonyl (C=O) groups is 1. The van der Waals surface area contributed by atoms with Crippen LogP contribution in [0.4, 0.5) is 0 Å². The van der Waals surface area contributed by atoms with Crippen molar-refractivity contribution in [3.63, 3.8) is 0 Å². The summed E-state index contributed by atoms with van der Waals surface area (Å²) in [5.41, 5.74) is 1.08. The molecule has 1 aromatic rings. The Morgan fingerprint density at radius 1 is 1.22 bits per heavy atom. The van der Waals surface area contributed by atoms with Gasteiger partial charge in [0.1, 0.15) is 6.04 Å². The fourth-order valence-electron chi connectivity index (χ4n) is 2.45. The number of aliphatic carboxylic acids is 1. The van der Waals surface area contributed by atoms with Crippen LogP contribution in [0.1, 0.15) is 24.8 Å². The van der Waals surface area contributed by atoms with Crippen LogP contribution in [0.2, 0.25) is 0 Å². The van der Waals surface area contributed by atoms with Crippen LogP contribution in [0.25, 0.3) is 0 Å². The second kappa shape index (κ2) is 6.34. The summed E-state index contributed by atoms with van der Waals surface area (Å²) in [5, 5.41) is 9.39. The first-order valence-electron chi connectivity index (χ1n) is 6.38. The average Bonchev–Trinajstić information content (AvgIpc) is 2.38. The van der Waals surface area contributed by atoms with Crippen LogP contribution in [-0.4, -0.2) is 35.1 Å². The van der Waals surface area contributed by atoms with Gasteiger partial charge in [-0.1, -0.05) is 34.5 Å². The highest BCUT2D eigenvalue weighted by Gasteiger charge is 2.26. The molecule has 1 heterocycles. The van der Waals surface area contributed by atoms with Crippen molar-refractivity contribution in [2.75, 3.05) is 13.1 Å². The predicted molar refractivity (Wildman–Crippen MR) is 74.7 cm³/mol. The molecule has 1 atom stereocenters. The van der Waals surface area contributed by atoms with Gasteiger partial charge in [-0.05, 0) is 50.0 Å². The first kappa shape index (κ1) is 13.6. The Balaban J connectivity index is 2.05. The predicted octanol–water partition coefficient (Wildman–Crippen LogP) is 2.93. The average molecular weight is 312 g/mol. The first-order chi connectivity index (χ1) is 8.66. The molecule has 1 aliphatic heterocycles. The van der Waals surface area contributed by atoms with E-state index in [0.717, 1.165) is 36.0 Å². The molecule has 0 unspecified atom stereocenters. The maximum Gasteiger partial charge on any atom is 0.321 e.